The number of carbonyl (C=O) groups is 1. The molecule has 1 fully saturated rings. The molecule has 1 aromatic carbocycles. The van der Waals surface area contributed by atoms with Crippen molar-refractivity contribution >= 4 is 28.8 Å². The zero-order valence-corrected chi connectivity index (χ0v) is 11.9. The van der Waals surface area contributed by atoms with Gasteiger partial charge in [0.05, 0.1) is 6.54 Å². The standard InChI is InChI=1S/C14H19N3OS/c1-10-4-5-11(14(15)19)12(8-10)16-9-13(18)17-6-2-3-7-17/h4-5,8,16H,2-3,6-7,9H2,1H3,(H2,15,19). The lowest BCUT2D eigenvalue weighted by atomic mass is 10.1. The van der Waals surface area contributed by atoms with E-state index in [4.69, 9.17) is 18.0 Å². The lowest BCUT2D eigenvalue weighted by Gasteiger charge is -2.17. The summed E-state index contributed by atoms with van der Waals surface area (Å²) in [5.41, 5.74) is 8.42. The molecular weight excluding hydrogens is 258 g/mol. The van der Waals surface area contributed by atoms with Crippen LogP contribution in [0.3, 0.4) is 0 Å². The summed E-state index contributed by atoms with van der Waals surface area (Å²) in [6.07, 6.45) is 2.21. The first-order valence-corrected chi connectivity index (χ1v) is 6.91. The van der Waals surface area contributed by atoms with Crippen LogP contribution in [0.4, 0.5) is 5.69 Å². The number of rotatable bonds is 4. The summed E-state index contributed by atoms with van der Waals surface area (Å²) in [6.45, 7) is 4.03. The maximum atomic E-state index is 12.0. The van der Waals surface area contributed by atoms with E-state index in [0.29, 0.717) is 11.5 Å². The highest BCUT2D eigenvalue weighted by atomic mass is 32.1. The van der Waals surface area contributed by atoms with Gasteiger partial charge in [-0.2, -0.15) is 0 Å². The molecule has 2 rings (SSSR count). The Balaban J connectivity index is 2.04. The van der Waals surface area contributed by atoms with E-state index in [0.717, 1.165) is 42.7 Å². The fraction of sp³-hybridized carbons (Fsp3) is 0.429. The van der Waals surface area contributed by atoms with Crippen LogP contribution < -0.4 is 11.1 Å². The molecule has 4 nitrogen and oxygen atoms in total. The monoisotopic (exact) mass is 277 g/mol. The highest BCUT2D eigenvalue weighted by molar-refractivity contribution is 7.80. The number of carbonyl (C=O) groups excluding carboxylic acids is 1. The molecule has 0 atom stereocenters. The molecule has 102 valence electrons. The van der Waals surface area contributed by atoms with Gasteiger partial charge in [-0.15, -0.1) is 0 Å². The molecule has 0 aliphatic carbocycles. The van der Waals surface area contributed by atoms with Gasteiger partial charge in [-0.1, -0.05) is 18.3 Å². The van der Waals surface area contributed by atoms with E-state index in [1.807, 2.05) is 30.0 Å². The second-order valence-corrected chi connectivity index (χ2v) is 5.29. The number of aryl methyl sites for hydroxylation is 1. The van der Waals surface area contributed by atoms with E-state index in [-0.39, 0.29) is 5.91 Å². The second-order valence-electron chi connectivity index (χ2n) is 4.85. The number of nitrogens with zero attached hydrogens (tertiary/aromatic N) is 1. The van der Waals surface area contributed by atoms with Crippen LogP contribution in [0.25, 0.3) is 0 Å². The van der Waals surface area contributed by atoms with Gasteiger partial charge in [0.1, 0.15) is 4.99 Å². The van der Waals surface area contributed by atoms with Gasteiger partial charge in [-0.25, -0.2) is 0 Å². The molecule has 19 heavy (non-hydrogen) atoms. The SMILES string of the molecule is Cc1ccc(C(N)=S)c(NCC(=O)N2CCCC2)c1. The Morgan fingerprint density at radius 3 is 2.74 bits per heavy atom. The molecule has 1 aromatic rings. The van der Waals surface area contributed by atoms with Crippen molar-refractivity contribution < 1.29 is 4.79 Å². The average Bonchev–Trinajstić information content (AvgIpc) is 2.89. The van der Waals surface area contributed by atoms with Gasteiger partial charge in [0, 0.05) is 24.3 Å². The summed E-state index contributed by atoms with van der Waals surface area (Å²) in [5, 5.41) is 3.15. The minimum Gasteiger partial charge on any atom is -0.389 e. The Bertz CT molecular complexity index is 495. The number of benzene rings is 1. The predicted octanol–water partition coefficient (Wildman–Crippen LogP) is 1.66. The molecule has 0 radical (unpaired) electrons. The fourth-order valence-corrected chi connectivity index (χ4v) is 2.45. The summed E-state index contributed by atoms with van der Waals surface area (Å²) in [7, 11) is 0. The van der Waals surface area contributed by atoms with Crippen LogP contribution in [-0.4, -0.2) is 35.4 Å². The van der Waals surface area contributed by atoms with Gasteiger partial charge >= 0.3 is 0 Å². The molecule has 0 bridgehead atoms. The van der Waals surface area contributed by atoms with Gasteiger partial charge in [0.15, 0.2) is 0 Å². The minimum absolute atomic E-state index is 0.132. The lowest BCUT2D eigenvalue weighted by molar-refractivity contribution is -0.128. The van der Waals surface area contributed by atoms with Crippen molar-refractivity contribution in [3.05, 3.63) is 29.3 Å². The quantitative estimate of drug-likeness (QED) is 0.822. The first-order chi connectivity index (χ1) is 9.08. The largest absolute Gasteiger partial charge is 0.389 e. The van der Waals surface area contributed by atoms with Crippen LogP contribution in [0, 0.1) is 6.92 Å². The van der Waals surface area contributed by atoms with Crippen LogP contribution in [-0.2, 0) is 4.79 Å². The van der Waals surface area contributed by atoms with Crippen LogP contribution in [0.2, 0.25) is 0 Å². The van der Waals surface area contributed by atoms with E-state index in [1.165, 1.54) is 0 Å². The number of nitrogens with two attached hydrogens (primary N) is 1. The highest BCUT2D eigenvalue weighted by Gasteiger charge is 2.17. The Morgan fingerprint density at radius 2 is 2.11 bits per heavy atom. The van der Waals surface area contributed by atoms with E-state index in [1.54, 1.807) is 0 Å². The van der Waals surface area contributed by atoms with Crippen molar-refractivity contribution in [2.75, 3.05) is 25.0 Å². The van der Waals surface area contributed by atoms with Crippen molar-refractivity contribution in [3.8, 4) is 0 Å². The maximum Gasteiger partial charge on any atom is 0.241 e. The summed E-state index contributed by atoms with van der Waals surface area (Å²) in [4.78, 5) is 14.2. The minimum atomic E-state index is 0.132. The molecule has 3 N–H and O–H groups in total. The Kier molecular flexibility index (Phi) is 4.37. The Morgan fingerprint density at radius 1 is 1.42 bits per heavy atom. The number of amides is 1. The van der Waals surface area contributed by atoms with Gasteiger partial charge in [-0.05, 0) is 37.5 Å². The molecule has 1 saturated heterocycles. The molecule has 1 aliphatic heterocycles. The van der Waals surface area contributed by atoms with Crippen LogP contribution in [0.1, 0.15) is 24.0 Å². The third kappa shape index (κ3) is 3.44. The van der Waals surface area contributed by atoms with Crippen LogP contribution in [0.15, 0.2) is 18.2 Å². The third-order valence-electron chi connectivity index (χ3n) is 3.33. The molecule has 0 spiro atoms. The first-order valence-electron chi connectivity index (χ1n) is 6.50. The summed E-state index contributed by atoms with van der Waals surface area (Å²) in [5.74, 6) is 0.132. The molecule has 0 unspecified atom stereocenters. The second kappa shape index (κ2) is 6.02. The van der Waals surface area contributed by atoms with Gasteiger partial charge in [-0.3, -0.25) is 4.79 Å². The van der Waals surface area contributed by atoms with Crippen molar-refractivity contribution in [3.63, 3.8) is 0 Å². The summed E-state index contributed by atoms with van der Waals surface area (Å²) >= 11 is 5.02. The smallest absolute Gasteiger partial charge is 0.241 e. The highest BCUT2D eigenvalue weighted by Crippen LogP contribution is 2.17. The zero-order valence-electron chi connectivity index (χ0n) is 11.1. The fourth-order valence-electron chi connectivity index (χ4n) is 2.27. The Hall–Kier alpha value is -1.62. The van der Waals surface area contributed by atoms with Crippen molar-refractivity contribution in [1.29, 1.82) is 0 Å². The predicted molar refractivity (Wildman–Crippen MR) is 81.4 cm³/mol. The lowest BCUT2D eigenvalue weighted by Crippen LogP contribution is -2.33. The molecule has 0 aromatic heterocycles. The first kappa shape index (κ1) is 13.8. The van der Waals surface area contributed by atoms with Crippen LogP contribution in [0.5, 0.6) is 0 Å². The molecule has 1 amide bonds. The number of likely N-dealkylation sites (tertiary alicyclic amines) is 1. The van der Waals surface area contributed by atoms with Gasteiger partial charge in [0.25, 0.3) is 0 Å². The van der Waals surface area contributed by atoms with Crippen LogP contribution >= 0.6 is 12.2 Å². The number of hydrogen-bond donors (Lipinski definition) is 2. The number of thiocarbonyl (C=S) groups is 1. The van der Waals surface area contributed by atoms with E-state index in [9.17, 15) is 4.79 Å². The number of anilines is 1. The summed E-state index contributed by atoms with van der Waals surface area (Å²) in [6, 6.07) is 5.81. The zero-order chi connectivity index (χ0) is 13.8. The van der Waals surface area contributed by atoms with E-state index >= 15 is 0 Å². The number of hydrogen-bond acceptors (Lipinski definition) is 3. The van der Waals surface area contributed by atoms with E-state index in [2.05, 4.69) is 5.32 Å². The van der Waals surface area contributed by atoms with E-state index < -0.39 is 0 Å². The van der Waals surface area contributed by atoms with Crippen molar-refractivity contribution in [2.45, 2.75) is 19.8 Å². The Labute approximate surface area is 119 Å². The molecule has 0 saturated carbocycles. The topological polar surface area (TPSA) is 58.4 Å². The number of nitrogens with one attached hydrogen (secondary N) is 1. The normalized spacial score (nSPS) is 14.5. The average molecular weight is 277 g/mol. The molecule has 5 heteroatoms. The van der Waals surface area contributed by atoms with Crippen molar-refractivity contribution in [1.82, 2.24) is 4.90 Å². The van der Waals surface area contributed by atoms with Gasteiger partial charge in [0.2, 0.25) is 5.91 Å². The third-order valence-corrected chi connectivity index (χ3v) is 3.55. The molecule has 1 aliphatic rings. The maximum absolute atomic E-state index is 12.0. The molecular formula is C14H19N3OS. The van der Waals surface area contributed by atoms with Crippen molar-refractivity contribution in [2.24, 2.45) is 5.73 Å². The molecule has 1 heterocycles. The summed E-state index contributed by atoms with van der Waals surface area (Å²) < 4.78 is 0. The van der Waals surface area contributed by atoms with Gasteiger partial charge < -0.3 is 16.0 Å².